The smallest absolute Gasteiger partial charge is 0.129 e. The van der Waals surface area contributed by atoms with Gasteiger partial charge in [0, 0.05) is 24.2 Å². The van der Waals surface area contributed by atoms with E-state index in [0.717, 1.165) is 17.1 Å². The van der Waals surface area contributed by atoms with Crippen LogP contribution >= 0.6 is 0 Å². The molecular formula is C14H20N2O3. The molecule has 0 spiro atoms. The summed E-state index contributed by atoms with van der Waals surface area (Å²) in [6, 6.07) is 5.61. The molecule has 0 aliphatic rings. The first-order valence-electron chi connectivity index (χ1n) is 6.08. The summed E-state index contributed by atoms with van der Waals surface area (Å²) < 4.78 is 15.9. The van der Waals surface area contributed by atoms with E-state index in [-0.39, 0.29) is 6.04 Å². The van der Waals surface area contributed by atoms with Crippen LogP contribution in [0.4, 0.5) is 0 Å². The lowest BCUT2D eigenvalue weighted by molar-refractivity contribution is 0.368. The molecule has 0 aliphatic heterocycles. The minimum absolute atomic E-state index is 0.171. The fraction of sp³-hybridized carbons (Fsp3) is 0.500. The second kappa shape index (κ2) is 7.49. The van der Waals surface area contributed by atoms with Gasteiger partial charge in [0.2, 0.25) is 0 Å². The summed E-state index contributed by atoms with van der Waals surface area (Å²) in [4.78, 5) is 0. The van der Waals surface area contributed by atoms with Crippen LogP contribution in [0.5, 0.6) is 17.2 Å². The SMILES string of the molecule is COc1cc(OC)c(CCNC(C)C#N)c(OC)c1. The third-order valence-electron chi connectivity index (χ3n) is 2.84. The summed E-state index contributed by atoms with van der Waals surface area (Å²) in [6.07, 6.45) is 0.711. The molecule has 0 saturated heterocycles. The number of rotatable bonds is 7. The van der Waals surface area contributed by atoms with Crippen LogP contribution in [-0.2, 0) is 6.42 Å². The van der Waals surface area contributed by atoms with Gasteiger partial charge in [-0.3, -0.25) is 0 Å². The molecule has 1 rings (SSSR count). The number of nitriles is 1. The van der Waals surface area contributed by atoms with Crippen LogP contribution in [0, 0.1) is 11.3 Å². The molecule has 104 valence electrons. The number of hydrogen-bond acceptors (Lipinski definition) is 5. The summed E-state index contributed by atoms with van der Waals surface area (Å²) >= 11 is 0. The van der Waals surface area contributed by atoms with Crippen molar-refractivity contribution >= 4 is 0 Å². The molecule has 1 aromatic carbocycles. The lowest BCUT2D eigenvalue weighted by Crippen LogP contribution is -2.26. The van der Waals surface area contributed by atoms with Crippen molar-refractivity contribution in [2.45, 2.75) is 19.4 Å². The maximum atomic E-state index is 8.72. The molecule has 0 heterocycles. The minimum atomic E-state index is -0.171. The fourth-order valence-electron chi connectivity index (χ4n) is 1.78. The van der Waals surface area contributed by atoms with Gasteiger partial charge in [0.25, 0.3) is 0 Å². The molecule has 5 nitrogen and oxygen atoms in total. The Balaban J connectivity index is 2.88. The molecule has 0 bridgehead atoms. The first-order chi connectivity index (χ1) is 9.15. The third kappa shape index (κ3) is 4.04. The molecule has 0 saturated carbocycles. The summed E-state index contributed by atoms with van der Waals surface area (Å²) in [7, 11) is 4.83. The predicted octanol–water partition coefficient (Wildman–Crippen LogP) is 1.76. The number of benzene rings is 1. The van der Waals surface area contributed by atoms with Gasteiger partial charge in [-0.15, -0.1) is 0 Å². The van der Waals surface area contributed by atoms with Crippen molar-refractivity contribution in [2.75, 3.05) is 27.9 Å². The molecule has 19 heavy (non-hydrogen) atoms. The second-order valence-electron chi connectivity index (χ2n) is 4.07. The molecule has 1 atom stereocenters. The molecule has 0 amide bonds. The zero-order valence-electron chi connectivity index (χ0n) is 11.8. The van der Waals surface area contributed by atoms with Crippen molar-refractivity contribution in [3.8, 4) is 23.3 Å². The van der Waals surface area contributed by atoms with Gasteiger partial charge in [-0.05, 0) is 13.3 Å². The monoisotopic (exact) mass is 264 g/mol. The van der Waals surface area contributed by atoms with Crippen LogP contribution in [0.3, 0.4) is 0 Å². The minimum Gasteiger partial charge on any atom is -0.496 e. The standard InChI is InChI=1S/C14H20N2O3/c1-10(9-15)16-6-5-12-13(18-3)7-11(17-2)8-14(12)19-4/h7-8,10,16H,5-6H2,1-4H3. The molecule has 1 unspecified atom stereocenters. The van der Waals surface area contributed by atoms with E-state index in [9.17, 15) is 0 Å². The summed E-state index contributed by atoms with van der Waals surface area (Å²) in [6.45, 7) is 2.50. The Hall–Kier alpha value is -1.93. The normalized spacial score (nSPS) is 11.5. The Morgan fingerprint density at radius 3 is 2.16 bits per heavy atom. The van der Waals surface area contributed by atoms with Crippen molar-refractivity contribution in [1.29, 1.82) is 5.26 Å². The number of nitrogens with one attached hydrogen (secondary N) is 1. The van der Waals surface area contributed by atoms with Crippen molar-refractivity contribution in [3.05, 3.63) is 17.7 Å². The van der Waals surface area contributed by atoms with E-state index in [2.05, 4.69) is 11.4 Å². The first-order valence-corrected chi connectivity index (χ1v) is 6.08. The Kier molecular flexibility index (Phi) is 5.97. The van der Waals surface area contributed by atoms with Gasteiger partial charge in [0.15, 0.2) is 0 Å². The van der Waals surface area contributed by atoms with E-state index in [1.165, 1.54) is 0 Å². The van der Waals surface area contributed by atoms with E-state index < -0.39 is 0 Å². The lowest BCUT2D eigenvalue weighted by Gasteiger charge is -2.15. The molecule has 1 aromatic rings. The summed E-state index contributed by atoms with van der Waals surface area (Å²) in [5, 5.41) is 11.8. The topological polar surface area (TPSA) is 63.5 Å². The largest absolute Gasteiger partial charge is 0.496 e. The fourth-order valence-corrected chi connectivity index (χ4v) is 1.78. The van der Waals surface area contributed by atoms with Crippen LogP contribution in [0.15, 0.2) is 12.1 Å². The highest BCUT2D eigenvalue weighted by atomic mass is 16.5. The van der Waals surface area contributed by atoms with Gasteiger partial charge >= 0.3 is 0 Å². The highest BCUT2D eigenvalue weighted by molar-refractivity contribution is 5.50. The van der Waals surface area contributed by atoms with Crippen LogP contribution < -0.4 is 19.5 Å². The van der Waals surface area contributed by atoms with Crippen molar-refractivity contribution in [3.63, 3.8) is 0 Å². The van der Waals surface area contributed by atoms with Crippen LogP contribution in [0.1, 0.15) is 12.5 Å². The summed E-state index contributed by atoms with van der Waals surface area (Å²) in [5.74, 6) is 2.14. The van der Waals surface area contributed by atoms with Gasteiger partial charge in [0.05, 0.1) is 33.4 Å². The van der Waals surface area contributed by atoms with E-state index in [4.69, 9.17) is 19.5 Å². The average molecular weight is 264 g/mol. The van der Waals surface area contributed by atoms with Crippen LogP contribution in [-0.4, -0.2) is 33.9 Å². The number of hydrogen-bond donors (Lipinski definition) is 1. The first kappa shape index (κ1) is 15.1. The average Bonchev–Trinajstić information content (AvgIpc) is 2.46. The molecule has 0 aliphatic carbocycles. The van der Waals surface area contributed by atoms with Crippen molar-refractivity contribution < 1.29 is 14.2 Å². The Morgan fingerprint density at radius 1 is 1.16 bits per heavy atom. The Labute approximate surface area is 114 Å². The zero-order valence-corrected chi connectivity index (χ0v) is 11.8. The van der Waals surface area contributed by atoms with Crippen LogP contribution in [0.25, 0.3) is 0 Å². The molecule has 0 fully saturated rings. The summed E-state index contributed by atoms with van der Waals surface area (Å²) in [5.41, 5.74) is 0.962. The van der Waals surface area contributed by atoms with Crippen LogP contribution in [0.2, 0.25) is 0 Å². The molecule has 5 heteroatoms. The van der Waals surface area contributed by atoms with Gasteiger partial charge < -0.3 is 19.5 Å². The van der Waals surface area contributed by atoms with E-state index >= 15 is 0 Å². The number of ether oxygens (including phenoxy) is 3. The van der Waals surface area contributed by atoms with Gasteiger partial charge in [-0.2, -0.15) is 5.26 Å². The second-order valence-corrected chi connectivity index (χ2v) is 4.07. The third-order valence-corrected chi connectivity index (χ3v) is 2.84. The van der Waals surface area contributed by atoms with Gasteiger partial charge in [-0.1, -0.05) is 0 Å². The molecular weight excluding hydrogens is 244 g/mol. The molecule has 1 N–H and O–H groups in total. The van der Waals surface area contributed by atoms with Gasteiger partial charge in [0.1, 0.15) is 17.2 Å². The van der Waals surface area contributed by atoms with E-state index in [1.807, 2.05) is 19.1 Å². The molecule has 0 radical (unpaired) electrons. The van der Waals surface area contributed by atoms with Gasteiger partial charge in [-0.25, -0.2) is 0 Å². The maximum Gasteiger partial charge on any atom is 0.129 e. The quantitative estimate of drug-likeness (QED) is 0.813. The predicted molar refractivity (Wildman–Crippen MR) is 72.9 cm³/mol. The zero-order chi connectivity index (χ0) is 14.3. The van der Waals surface area contributed by atoms with Crippen molar-refractivity contribution in [1.82, 2.24) is 5.32 Å². The maximum absolute atomic E-state index is 8.72. The molecule has 0 aromatic heterocycles. The number of methoxy groups -OCH3 is 3. The Morgan fingerprint density at radius 2 is 1.74 bits per heavy atom. The highest BCUT2D eigenvalue weighted by Gasteiger charge is 2.13. The van der Waals surface area contributed by atoms with Crippen molar-refractivity contribution in [2.24, 2.45) is 0 Å². The number of nitrogens with zero attached hydrogens (tertiary/aromatic N) is 1. The lowest BCUT2D eigenvalue weighted by atomic mass is 10.1. The van der Waals surface area contributed by atoms with E-state index in [0.29, 0.717) is 18.7 Å². The Bertz CT molecular complexity index is 429. The van der Waals surface area contributed by atoms with E-state index in [1.54, 1.807) is 21.3 Å². The highest BCUT2D eigenvalue weighted by Crippen LogP contribution is 2.34.